The lowest BCUT2D eigenvalue weighted by molar-refractivity contribution is 0.0697. The summed E-state index contributed by atoms with van der Waals surface area (Å²) in [5.74, 6) is 0.574. The number of methoxy groups -OCH3 is 1. The largest absolute Gasteiger partial charge is 0.497 e. The topological polar surface area (TPSA) is 71.5 Å². The molecule has 0 radical (unpaired) electrons. The average molecular weight is 339 g/mol. The van der Waals surface area contributed by atoms with Crippen LogP contribution in [0.1, 0.15) is 33.7 Å². The van der Waals surface area contributed by atoms with Crippen LogP contribution in [0.5, 0.6) is 5.75 Å². The van der Waals surface area contributed by atoms with Gasteiger partial charge in [-0.3, -0.25) is 14.6 Å². The second-order valence-corrected chi connectivity index (χ2v) is 5.98. The molecule has 0 saturated carbocycles. The van der Waals surface area contributed by atoms with Gasteiger partial charge >= 0.3 is 0 Å². The molecule has 130 valence electrons. The van der Waals surface area contributed by atoms with Crippen LogP contribution in [0.2, 0.25) is 0 Å². The highest BCUT2D eigenvalue weighted by Gasteiger charge is 2.25. The summed E-state index contributed by atoms with van der Waals surface area (Å²) in [5.41, 5.74) is 1.07. The van der Waals surface area contributed by atoms with E-state index in [1.807, 2.05) is 4.90 Å². The Bertz CT molecular complexity index is 723. The number of ether oxygens (including phenoxy) is 1. The number of aromatic nitrogens is 1. The minimum Gasteiger partial charge on any atom is -0.497 e. The van der Waals surface area contributed by atoms with E-state index in [0.29, 0.717) is 24.3 Å². The fraction of sp³-hybridized carbons (Fsp3) is 0.316. The highest BCUT2D eigenvalue weighted by molar-refractivity contribution is 5.94. The van der Waals surface area contributed by atoms with Crippen LogP contribution in [-0.4, -0.2) is 47.9 Å². The first-order valence-electron chi connectivity index (χ1n) is 8.32. The van der Waals surface area contributed by atoms with Crippen molar-refractivity contribution in [2.75, 3.05) is 20.2 Å². The Kier molecular flexibility index (Phi) is 5.28. The van der Waals surface area contributed by atoms with Crippen LogP contribution in [0.15, 0.2) is 48.7 Å². The van der Waals surface area contributed by atoms with Gasteiger partial charge in [-0.05, 0) is 49.2 Å². The minimum absolute atomic E-state index is 0.0113. The Morgan fingerprint density at radius 2 is 1.84 bits per heavy atom. The molecule has 0 bridgehead atoms. The van der Waals surface area contributed by atoms with Crippen molar-refractivity contribution in [3.63, 3.8) is 0 Å². The molecule has 1 N–H and O–H groups in total. The molecule has 25 heavy (non-hydrogen) atoms. The summed E-state index contributed by atoms with van der Waals surface area (Å²) in [6.07, 6.45) is 3.08. The second-order valence-electron chi connectivity index (χ2n) is 5.98. The Labute approximate surface area is 146 Å². The third-order valence-electron chi connectivity index (χ3n) is 4.35. The third-order valence-corrected chi connectivity index (χ3v) is 4.35. The molecule has 1 aliphatic rings. The van der Waals surface area contributed by atoms with Gasteiger partial charge < -0.3 is 15.0 Å². The zero-order valence-electron chi connectivity index (χ0n) is 14.1. The van der Waals surface area contributed by atoms with Crippen LogP contribution < -0.4 is 10.1 Å². The summed E-state index contributed by atoms with van der Waals surface area (Å²) in [4.78, 5) is 30.6. The lowest BCUT2D eigenvalue weighted by atomic mass is 10.0. The number of amides is 2. The number of hydrogen-bond acceptors (Lipinski definition) is 4. The summed E-state index contributed by atoms with van der Waals surface area (Å²) in [6.45, 7) is 1.25. The van der Waals surface area contributed by atoms with Gasteiger partial charge in [-0.25, -0.2) is 0 Å². The van der Waals surface area contributed by atoms with Gasteiger partial charge in [0.15, 0.2) is 0 Å². The molecule has 3 rings (SSSR count). The summed E-state index contributed by atoms with van der Waals surface area (Å²) in [5, 5.41) is 2.99. The number of nitrogens with zero attached hydrogens (tertiary/aromatic N) is 2. The smallest absolute Gasteiger partial charge is 0.270 e. The number of carbonyl (C=O) groups excluding carboxylic acids is 2. The van der Waals surface area contributed by atoms with Crippen molar-refractivity contribution < 1.29 is 14.3 Å². The molecule has 1 aromatic carbocycles. The predicted octanol–water partition coefficient (Wildman–Crippen LogP) is 2.12. The van der Waals surface area contributed by atoms with E-state index in [1.165, 1.54) is 0 Å². The fourth-order valence-corrected chi connectivity index (χ4v) is 2.90. The molecule has 2 aromatic rings. The maximum absolute atomic E-state index is 12.5. The standard InChI is InChI=1S/C19H21N3O3/c1-25-16-7-5-14(6-8-16)19(24)22-12-9-15(10-13-22)21-18(23)17-4-2-3-11-20-17/h2-8,11,15H,9-10,12-13H2,1H3,(H,21,23). The molecule has 1 saturated heterocycles. The molecule has 6 nitrogen and oxygen atoms in total. The molecular weight excluding hydrogens is 318 g/mol. The molecule has 1 fully saturated rings. The van der Waals surface area contributed by atoms with Crippen LogP contribution in [-0.2, 0) is 0 Å². The molecule has 1 aromatic heterocycles. The maximum atomic E-state index is 12.5. The Balaban J connectivity index is 1.52. The number of rotatable bonds is 4. The van der Waals surface area contributed by atoms with Crippen LogP contribution in [0.25, 0.3) is 0 Å². The van der Waals surface area contributed by atoms with E-state index in [0.717, 1.165) is 18.6 Å². The SMILES string of the molecule is COc1ccc(C(=O)N2CCC(NC(=O)c3ccccn3)CC2)cc1. The zero-order valence-corrected chi connectivity index (χ0v) is 14.1. The average Bonchev–Trinajstić information content (AvgIpc) is 2.69. The number of nitrogens with one attached hydrogen (secondary N) is 1. The molecule has 6 heteroatoms. The first-order chi connectivity index (χ1) is 12.2. The molecule has 0 spiro atoms. The highest BCUT2D eigenvalue weighted by atomic mass is 16.5. The summed E-state index contributed by atoms with van der Waals surface area (Å²) in [6, 6.07) is 12.4. The van der Waals surface area contributed by atoms with E-state index in [4.69, 9.17) is 4.74 Å². The first kappa shape index (κ1) is 17.0. The third kappa shape index (κ3) is 4.15. The summed E-state index contributed by atoms with van der Waals surface area (Å²) in [7, 11) is 1.60. The van der Waals surface area contributed by atoms with E-state index >= 15 is 0 Å². The number of pyridine rings is 1. The highest BCUT2D eigenvalue weighted by Crippen LogP contribution is 2.17. The predicted molar refractivity (Wildman–Crippen MR) is 93.6 cm³/mol. The molecule has 0 atom stereocenters. The van der Waals surface area contributed by atoms with Gasteiger partial charge in [0.05, 0.1) is 7.11 Å². The quantitative estimate of drug-likeness (QED) is 0.926. The van der Waals surface area contributed by atoms with Crippen molar-refractivity contribution in [3.05, 3.63) is 59.9 Å². The van der Waals surface area contributed by atoms with Crippen LogP contribution in [0.3, 0.4) is 0 Å². The maximum Gasteiger partial charge on any atom is 0.270 e. The van der Waals surface area contributed by atoms with Gasteiger partial charge in [0.25, 0.3) is 11.8 Å². The van der Waals surface area contributed by atoms with E-state index in [2.05, 4.69) is 10.3 Å². The monoisotopic (exact) mass is 339 g/mol. The minimum atomic E-state index is -0.166. The van der Waals surface area contributed by atoms with Crippen LogP contribution in [0, 0.1) is 0 Å². The second kappa shape index (κ2) is 7.79. The molecule has 0 unspecified atom stereocenters. The van der Waals surface area contributed by atoms with E-state index in [-0.39, 0.29) is 17.9 Å². The van der Waals surface area contributed by atoms with Crippen molar-refractivity contribution in [2.45, 2.75) is 18.9 Å². The molecule has 0 aliphatic carbocycles. The lowest BCUT2D eigenvalue weighted by Crippen LogP contribution is -2.46. The van der Waals surface area contributed by atoms with E-state index in [1.54, 1.807) is 55.8 Å². The van der Waals surface area contributed by atoms with Gasteiger partial charge in [-0.15, -0.1) is 0 Å². The van der Waals surface area contributed by atoms with Gasteiger partial charge in [0.1, 0.15) is 11.4 Å². The Hall–Kier alpha value is -2.89. The fourth-order valence-electron chi connectivity index (χ4n) is 2.90. The first-order valence-corrected chi connectivity index (χ1v) is 8.32. The van der Waals surface area contributed by atoms with Gasteiger partial charge in [0.2, 0.25) is 0 Å². The van der Waals surface area contributed by atoms with E-state index in [9.17, 15) is 9.59 Å². The number of benzene rings is 1. The normalized spacial score (nSPS) is 14.8. The number of hydrogen-bond donors (Lipinski definition) is 1. The van der Waals surface area contributed by atoms with E-state index < -0.39 is 0 Å². The van der Waals surface area contributed by atoms with Crippen molar-refractivity contribution in [1.29, 1.82) is 0 Å². The number of carbonyl (C=O) groups is 2. The zero-order chi connectivity index (χ0) is 17.6. The van der Waals surface area contributed by atoms with Crippen molar-refractivity contribution in [1.82, 2.24) is 15.2 Å². The van der Waals surface area contributed by atoms with Crippen molar-refractivity contribution in [3.8, 4) is 5.75 Å². The van der Waals surface area contributed by atoms with Gasteiger partial charge in [-0.1, -0.05) is 6.07 Å². The van der Waals surface area contributed by atoms with Crippen LogP contribution >= 0.6 is 0 Å². The molecule has 2 heterocycles. The summed E-state index contributed by atoms with van der Waals surface area (Å²) >= 11 is 0. The van der Waals surface area contributed by atoms with Gasteiger partial charge in [0, 0.05) is 30.9 Å². The lowest BCUT2D eigenvalue weighted by Gasteiger charge is -2.32. The Morgan fingerprint density at radius 3 is 2.44 bits per heavy atom. The van der Waals surface area contributed by atoms with Crippen LogP contribution in [0.4, 0.5) is 0 Å². The Morgan fingerprint density at radius 1 is 1.12 bits per heavy atom. The summed E-state index contributed by atoms with van der Waals surface area (Å²) < 4.78 is 5.11. The number of likely N-dealkylation sites (tertiary alicyclic amines) is 1. The van der Waals surface area contributed by atoms with Gasteiger partial charge in [-0.2, -0.15) is 0 Å². The molecule has 2 amide bonds. The molecular formula is C19H21N3O3. The molecule has 1 aliphatic heterocycles. The number of piperidine rings is 1. The van der Waals surface area contributed by atoms with Crippen molar-refractivity contribution in [2.24, 2.45) is 0 Å². The van der Waals surface area contributed by atoms with Crippen molar-refractivity contribution >= 4 is 11.8 Å².